The second-order valence-electron chi connectivity index (χ2n) is 6.31. The normalized spacial score (nSPS) is 11.3. The van der Waals surface area contributed by atoms with Gasteiger partial charge in [-0.15, -0.1) is 0 Å². The van der Waals surface area contributed by atoms with Crippen LogP contribution in [0.15, 0.2) is 58.8 Å². The molecule has 2 aromatic carbocycles. The van der Waals surface area contributed by atoms with Crippen molar-refractivity contribution in [1.29, 1.82) is 0 Å². The number of nitro groups is 1. The van der Waals surface area contributed by atoms with E-state index in [1.165, 1.54) is 12.1 Å². The van der Waals surface area contributed by atoms with Crippen molar-refractivity contribution in [3.8, 4) is 5.75 Å². The first-order valence-corrected chi connectivity index (χ1v) is 9.45. The lowest BCUT2D eigenvalue weighted by atomic mass is 10.3. The smallest absolute Gasteiger partial charge is 0.269 e. The number of unbranched alkanes of at least 4 members (excludes halogenated alkanes) is 1. The van der Waals surface area contributed by atoms with Crippen LogP contribution in [0.1, 0.15) is 12.8 Å². The summed E-state index contributed by atoms with van der Waals surface area (Å²) in [5.41, 5.74) is 1.20. The van der Waals surface area contributed by atoms with Gasteiger partial charge in [-0.3, -0.25) is 15.0 Å². The van der Waals surface area contributed by atoms with E-state index in [9.17, 15) is 10.1 Å². The Kier molecular flexibility index (Phi) is 9.70. The van der Waals surface area contributed by atoms with Gasteiger partial charge in [-0.05, 0) is 55.8 Å². The maximum atomic E-state index is 10.6. The van der Waals surface area contributed by atoms with Gasteiger partial charge in [0.2, 0.25) is 0 Å². The maximum absolute atomic E-state index is 10.6. The molecule has 0 aliphatic rings. The zero-order valence-electron chi connectivity index (χ0n) is 16.2. The molecule has 0 aromatic heterocycles. The molecule has 0 saturated heterocycles. The molecule has 2 rings (SSSR count). The van der Waals surface area contributed by atoms with Crippen molar-refractivity contribution >= 4 is 17.1 Å². The highest BCUT2D eigenvalue weighted by Gasteiger charge is 2.04. The molecule has 0 bridgehead atoms. The van der Waals surface area contributed by atoms with E-state index >= 15 is 0 Å². The fourth-order valence-electron chi connectivity index (χ4n) is 2.61. The molecule has 0 aliphatic heterocycles. The van der Waals surface area contributed by atoms with Crippen LogP contribution in [0.5, 0.6) is 5.75 Å². The topological polar surface area (TPSA) is 121 Å². The van der Waals surface area contributed by atoms with Crippen LogP contribution in [0.3, 0.4) is 0 Å². The van der Waals surface area contributed by atoms with Gasteiger partial charge in [0.05, 0.1) is 36.1 Å². The van der Waals surface area contributed by atoms with E-state index in [0.29, 0.717) is 31.1 Å². The Morgan fingerprint density at radius 3 is 1.93 bits per heavy atom. The molecule has 0 fully saturated rings. The van der Waals surface area contributed by atoms with E-state index in [4.69, 9.17) is 14.9 Å². The molecular formula is C20H26N4O5. The van der Waals surface area contributed by atoms with Crippen molar-refractivity contribution in [2.24, 2.45) is 10.2 Å². The van der Waals surface area contributed by atoms with Gasteiger partial charge in [-0.2, -0.15) is 10.2 Å². The van der Waals surface area contributed by atoms with Gasteiger partial charge < -0.3 is 14.9 Å². The van der Waals surface area contributed by atoms with Crippen LogP contribution < -0.4 is 4.74 Å². The number of nitro benzene ring substituents is 1. The van der Waals surface area contributed by atoms with Crippen LogP contribution in [0.25, 0.3) is 0 Å². The molecule has 0 spiro atoms. The van der Waals surface area contributed by atoms with Crippen LogP contribution in [0.4, 0.5) is 17.1 Å². The average molecular weight is 402 g/mol. The van der Waals surface area contributed by atoms with E-state index in [1.807, 2.05) is 17.0 Å². The lowest BCUT2D eigenvalue weighted by Crippen LogP contribution is -2.31. The molecule has 0 radical (unpaired) electrons. The van der Waals surface area contributed by atoms with Gasteiger partial charge in [0, 0.05) is 25.2 Å². The number of azo groups is 1. The maximum Gasteiger partial charge on any atom is 0.269 e. The van der Waals surface area contributed by atoms with Gasteiger partial charge in [-0.25, -0.2) is 0 Å². The predicted molar refractivity (Wildman–Crippen MR) is 109 cm³/mol. The van der Waals surface area contributed by atoms with Crippen molar-refractivity contribution in [3.63, 3.8) is 0 Å². The van der Waals surface area contributed by atoms with Crippen LogP contribution in [0, 0.1) is 10.1 Å². The Hall–Kier alpha value is -2.88. The minimum absolute atomic E-state index is 0.0138. The summed E-state index contributed by atoms with van der Waals surface area (Å²) < 4.78 is 5.71. The van der Waals surface area contributed by atoms with Gasteiger partial charge in [0.15, 0.2) is 0 Å². The first-order valence-electron chi connectivity index (χ1n) is 9.45. The number of hydrogen-bond donors (Lipinski definition) is 2. The fraction of sp³-hybridized carbons (Fsp3) is 0.400. The van der Waals surface area contributed by atoms with Crippen LogP contribution >= 0.6 is 0 Å². The lowest BCUT2D eigenvalue weighted by Gasteiger charge is -2.19. The van der Waals surface area contributed by atoms with E-state index in [1.54, 1.807) is 24.3 Å². The molecule has 29 heavy (non-hydrogen) atoms. The third-order valence-corrected chi connectivity index (χ3v) is 4.15. The second-order valence-corrected chi connectivity index (χ2v) is 6.31. The lowest BCUT2D eigenvalue weighted by molar-refractivity contribution is -0.384. The molecule has 0 saturated carbocycles. The molecule has 9 nitrogen and oxygen atoms in total. The summed E-state index contributed by atoms with van der Waals surface area (Å²) in [5, 5.41) is 36.8. The van der Waals surface area contributed by atoms with Gasteiger partial charge in [0.25, 0.3) is 5.69 Å². The molecular weight excluding hydrogens is 376 g/mol. The fourth-order valence-corrected chi connectivity index (χ4v) is 2.61. The summed E-state index contributed by atoms with van der Waals surface area (Å²) in [4.78, 5) is 12.2. The number of hydrogen-bond acceptors (Lipinski definition) is 8. The molecule has 0 atom stereocenters. The number of nitrogens with zero attached hydrogens (tertiary/aromatic N) is 4. The summed E-state index contributed by atoms with van der Waals surface area (Å²) >= 11 is 0. The predicted octanol–water partition coefficient (Wildman–Crippen LogP) is 3.46. The SMILES string of the molecule is O=[N+]([O-])c1ccc(N=Nc2ccc(OCCCCN(CCO)CCO)cc2)cc1. The van der Waals surface area contributed by atoms with Gasteiger partial charge >= 0.3 is 0 Å². The Labute approximate surface area is 169 Å². The molecule has 9 heteroatoms. The van der Waals surface area contributed by atoms with Crippen LogP contribution in [-0.4, -0.2) is 59.5 Å². The standard InChI is InChI=1S/C20H26N4O5/c25-14-12-23(13-15-26)11-1-2-16-29-20-9-5-18(6-10-20)22-21-17-3-7-19(8-4-17)24(27)28/h3-10,25-26H,1-2,11-16H2. The van der Waals surface area contributed by atoms with E-state index in [2.05, 4.69) is 10.2 Å². The number of rotatable bonds is 13. The molecule has 0 amide bonds. The summed E-state index contributed by atoms with van der Waals surface area (Å²) in [5.74, 6) is 0.738. The number of aliphatic hydroxyl groups is 2. The molecule has 2 aromatic rings. The third kappa shape index (κ3) is 8.34. The summed E-state index contributed by atoms with van der Waals surface area (Å²) in [7, 11) is 0. The molecule has 2 N–H and O–H groups in total. The van der Waals surface area contributed by atoms with Crippen LogP contribution in [-0.2, 0) is 0 Å². The van der Waals surface area contributed by atoms with Crippen molar-refractivity contribution in [1.82, 2.24) is 4.90 Å². The Morgan fingerprint density at radius 1 is 0.862 bits per heavy atom. The highest BCUT2D eigenvalue weighted by atomic mass is 16.6. The highest BCUT2D eigenvalue weighted by molar-refractivity contribution is 5.45. The summed E-state index contributed by atoms with van der Waals surface area (Å²) in [6, 6.07) is 13.1. The Bertz CT molecular complexity index is 759. The van der Waals surface area contributed by atoms with Gasteiger partial charge in [0.1, 0.15) is 5.75 Å². The molecule has 156 valence electrons. The molecule has 0 heterocycles. The second kappa shape index (κ2) is 12.6. The van der Waals surface area contributed by atoms with Crippen molar-refractivity contribution in [2.75, 3.05) is 39.5 Å². The quantitative estimate of drug-likeness (QED) is 0.229. The summed E-state index contributed by atoms with van der Waals surface area (Å²) in [6.45, 7) is 2.70. The Balaban J connectivity index is 1.73. The monoisotopic (exact) mass is 402 g/mol. The molecule has 0 aliphatic carbocycles. The van der Waals surface area contributed by atoms with Crippen molar-refractivity contribution < 1.29 is 19.9 Å². The average Bonchev–Trinajstić information content (AvgIpc) is 2.73. The van der Waals surface area contributed by atoms with Crippen molar-refractivity contribution in [2.45, 2.75) is 12.8 Å². The van der Waals surface area contributed by atoms with E-state index in [0.717, 1.165) is 25.1 Å². The van der Waals surface area contributed by atoms with E-state index in [-0.39, 0.29) is 18.9 Å². The summed E-state index contributed by atoms with van der Waals surface area (Å²) in [6.07, 6.45) is 1.79. The van der Waals surface area contributed by atoms with Crippen LogP contribution in [0.2, 0.25) is 0 Å². The molecule has 0 unspecified atom stereocenters. The number of benzene rings is 2. The minimum atomic E-state index is -0.458. The number of ether oxygens (including phenoxy) is 1. The Morgan fingerprint density at radius 2 is 1.41 bits per heavy atom. The number of aliphatic hydroxyl groups excluding tert-OH is 2. The first-order chi connectivity index (χ1) is 14.1. The largest absolute Gasteiger partial charge is 0.494 e. The minimum Gasteiger partial charge on any atom is -0.494 e. The zero-order chi connectivity index (χ0) is 20.9. The first kappa shape index (κ1) is 22.4. The highest BCUT2D eigenvalue weighted by Crippen LogP contribution is 2.23. The zero-order valence-corrected chi connectivity index (χ0v) is 16.2. The van der Waals surface area contributed by atoms with Gasteiger partial charge in [-0.1, -0.05) is 0 Å². The number of non-ortho nitro benzene ring substituents is 1. The third-order valence-electron chi connectivity index (χ3n) is 4.15. The van der Waals surface area contributed by atoms with Crippen molar-refractivity contribution in [3.05, 3.63) is 58.6 Å². The van der Waals surface area contributed by atoms with E-state index < -0.39 is 4.92 Å².